The lowest BCUT2D eigenvalue weighted by Gasteiger charge is -2.12. The van der Waals surface area contributed by atoms with Crippen LogP contribution in [0.2, 0.25) is 5.02 Å². The maximum atomic E-state index is 12.7. The summed E-state index contributed by atoms with van der Waals surface area (Å²) in [5.41, 5.74) is 1.77. The van der Waals surface area contributed by atoms with E-state index in [1.54, 1.807) is 18.2 Å². The molecule has 28 heavy (non-hydrogen) atoms. The minimum atomic E-state index is -0.297. The van der Waals surface area contributed by atoms with Crippen LogP contribution in [0.4, 0.5) is 4.79 Å². The Labute approximate surface area is 173 Å². The van der Waals surface area contributed by atoms with Gasteiger partial charge in [-0.3, -0.25) is 14.5 Å². The molecule has 0 N–H and O–H groups in total. The van der Waals surface area contributed by atoms with Crippen LogP contribution >= 0.6 is 23.4 Å². The van der Waals surface area contributed by atoms with E-state index in [0.717, 1.165) is 18.2 Å². The molecule has 0 unspecified atom stereocenters. The Bertz CT molecular complexity index is 914. The van der Waals surface area contributed by atoms with Crippen molar-refractivity contribution in [2.45, 2.75) is 12.8 Å². The SMILES string of the molecule is COc1cc(Cl)c(/C=C2/SC(=O)N(CCCc3ccccc3)C2=O)cc1OC. The Morgan fingerprint density at radius 3 is 2.43 bits per heavy atom. The van der Waals surface area contributed by atoms with Gasteiger partial charge in [0.25, 0.3) is 11.1 Å². The van der Waals surface area contributed by atoms with E-state index in [9.17, 15) is 9.59 Å². The predicted octanol–water partition coefficient (Wildman–Crippen LogP) is 5.03. The van der Waals surface area contributed by atoms with Crippen molar-refractivity contribution in [3.63, 3.8) is 0 Å². The molecule has 3 rings (SSSR count). The molecule has 0 bridgehead atoms. The zero-order valence-corrected chi connectivity index (χ0v) is 17.2. The van der Waals surface area contributed by atoms with Crippen LogP contribution in [0.5, 0.6) is 11.5 Å². The molecular formula is C21H20ClNO4S. The fraction of sp³-hybridized carbons (Fsp3) is 0.238. The van der Waals surface area contributed by atoms with Gasteiger partial charge in [-0.15, -0.1) is 0 Å². The molecule has 1 saturated heterocycles. The van der Waals surface area contributed by atoms with Crippen LogP contribution in [0, 0.1) is 0 Å². The van der Waals surface area contributed by atoms with Crippen molar-refractivity contribution in [3.8, 4) is 11.5 Å². The number of benzene rings is 2. The zero-order valence-electron chi connectivity index (χ0n) is 15.6. The molecule has 0 atom stereocenters. The van der Waals surface area contributed by atoms with Crippen LogP contribution in [0.3, 0.4) is 0 Å². The average Bonchev–Trinajstić information content (AvgIpc) is 2.97. The number of halogens is 1. The molecule has 2 aromatic rings. The summed E-state index contributed by atoms with van der Waals surface area (Å²) in [5, 5.41) is 0.148. The molecule has 1 fully saturated rings. The molecular weight excluding hydrogens is 398 g/mol. The molecule has 0 aliphatic carbocycles. The highest BCUT2D eigenvalue weighted by Gasteiger charge is 2.34. The molecule has 0 spiro atoms. The maximum Gasteiger partial charge on any atom is 0.293 e. The average molecular weight is 418 g/mol. The quantitative estimate of drug-likeness (QED) is 0.591. The number of carbonyl (C=O) groups excluding carboxylic acids is 2. The number of amides is 2. The van der Waals surface area contributed by atoms with Crippen LogP contribution < -0.4 is 9.47 Å². The van der Waals surface area contributed by atoms with E-state index in [4.69, 9.17) is 21.1 Å². The Balaban J connectivity index is 1.72. The topological polar surface area (TPSA) is 55.8 Å². The summed E-state index contributed by atoms with van der Waals surface area (Å²) in [7, 11) is 3.05. The lowest BCUT2D eigenvalue weighted by molar-refractivity contribution is -0.122. The van der Waals surface area contributed by atoms with Crippen molar-refractivity contribution in [1.29, 1.82) is 0 Å². The van der Waals surface area contributed by atoms with Crippen molar-refractivity contribution >= 4 is 40.6 Å². The number of aryl methyl sites for hydroxylation is 1. The first-order valence-corrected chi connectivity index (χ1v) is 9.93. The fourth-order valence-electron chi connectivity index (χ4n) is 2.90. The first-order valence-electron chi connectivity index (χ1n) is 8.74. The summed E-state index contributed by atoms with van der Waals surface area (Å²) in [5.74, 6) is 0.702. The number of imide groups is 1. The van der Waals surface area contributed by atoms with Gasteiger partial charge in [-0.05, 0) is 47.9 Å². The zero-order chi connectivity index (χ0) is 20.1. The van der Waals surface area contributed by atoms with E-state index in [1.807, 2.05) is 30.3 Å². The van der Waals surface area contributed by atoms with Gasteiger partial charge in [-0.1, -0.05) is 41.9 Å². The van der Waals surface area contributed by atoms with Gasteiger partial charge in [-0.25, -0.2) is 0 Å². The molecule has 146 valence electrons. The normalized spacial score (nSPS) is 15.4. The van der Waals surface area contributed by atoms with E-state index < -0.39 is 0 Å². The molecule has 1 aliphatic heterocycles. The Kier molecular flexibility index (Phi) is 6.65. The molecule has 2 amide bonds. The largest absolute Gasteiger partial charge is 0.493 e. The number of rotatable bonds is 7. The third kappa shape index (κ3) is 4.51. The second kappa shape index (κ2) is 9.17. The van der Waals surface area contributed by atoms with Gasteiger partial charge >= 0.3 is 0 Å². The number of nitrogens with zero attached hydrogens (tertiary/aromatic N) is 1. The Morgan fingerprint density at radius 1 is 1.07 bits per heavy atom. The fourth-order valence-corrected chi connectivity index (χ4v) is 3.96. The van der Waals surface area contributed by atoms with E-state index in [1.165, 1.54) is 24.7 Å². The van der Waals surface area contributed by atoms with Crippen LogP contribution in [-0.2, 0) is 11.2 Å². The third-order valence-corrected chi connectivity index (χ3v) is 5.59. The molecule has 0 radical (unpaired) electrons. The van der Waals surface area contributed by atoms with Gasteiger partial charge in [0.2, 0.25) is 0 Å². The number of ether oxygens (including phenoxy) is 2. The van der Waals surface area contributed by atoms with E-state index in [2.05, 4.69) is 0 Å². The van der Waals surface area contributed by atoms with Crippen molar-refractivity contribution in [2.24, 2.45) is 0 Å². The highest BCUT2D eigenvalue weighted by atomic mass is 35.5. The Hall–Kier alpha value is -2.44. The number of hydrogen-bond donors (Lipinski definition) is 0. The van der Waals surface area contributed by atoms with E-state index >= 15 is 0 Å². The highest BCUT2D eigenvalue weighted by molar-refractivity contribution is 8.18. The minimum Gasteiger partial charge on any atom is -0.493 e. The third-order valence-electron chi connectivity index (χ3n) is 4.35. The van der Waals surface area contributed by atoms with Gasteiger partial charge in [0.15, 0.2) is 11.5 Å². The highest BCUT2D eigenvalue weighted by Crippen LogP contribution is 2.37. The number of hydrogen-bond acceptors (Lipinski definition) is 5. The molecule has 5 nitrogen and oxygen atoms in total. The van der Waals surface area contributed by atoms with Crippen molar-refractivity contribution in [1.82, 2.24) is 4.90 Å². The maximum absolute atomic E-state index is 12.7. The predicted molar refractivity (Wildman–Crippen MR) is 112 cm³/mol. The summed E-state index contributed by atoms with van der Waals surface area (Å²) in [6.45, 7) is 0.385. The first-order chi connectivity index (χ1) is 13.5. The summed E-state index contributed by atoms with van der Waals surface area (Å²) >= 11 is 7.21. The van der Waals surface area contributed by atoms with E-state index in [-0.39, 0.29) is 11.1 Å². The minimum absolute atomic E-state index is 0.263. The lowest BCUT2D eigenvalue weighted by atomic mass is 10.1. The number of methoxy groups -OCH3 is 2. The molecule has 7 heteroatoms. The standard InChI is InChI=1S/C21H20ClNO4S/c1-26-17-11-15(16(22)13-18(17)27-2)12-19-20(24)23(21(25)28-19)10-6-9-14-7-4-3-5-8-14/h3-5,7-8,11-13H,6,9-10H2,1-2H3/b19-12+. The first kappa shape index (κ1) is 20.3. The molecule has 1 heterocycles. The summed E-state index contributed by atoms with van der Waals surface area (Å²) in [4.78, 5) is 26.6. The van der Waals surface area contributed by atoms with Gasteiger partial charge in [-0.2, -0.15) is 0 Å². The molecule has 1 aliphatic rings. The number of thioether (sulfide) groups is 1. The summed E-state index contributed by atoms with van der Waals surface area (Å²) in [6, 6.07) is 13.3. The molecule has 2 aromatic carbocycles. The van der Waals surface area contributed by atoms with Crippen LogP contribution in [-0.4, -0.2) is 36.8 Å². The smallest absolute Gasteiger partial charge is 0.293 e. The van der Waals surface area contributed by atoms with Gasteiger partial charge < -0.3 is 9.47 Å². The Morgan fingerprint density at radius 2 is 1.75 bits per heavy atom. The van der Waals surface area contributed by atoms with Crippen LogP contribution in [0.1, 0.15) is 17.5 Å². The second-order valence-corrected chi connectivity index (χ2v) is 7.55. The van der Waals surface area contributed by atoms with Gasteiger partial charge in [0, 0.05) is 12.6 Å². The van der Waals surface area contributed by atoms with Crippen molar-refractivity contribution in [2.75, 3.05) is 20.8 Å². The van der Waals surface area contributed by atoms with Crippen LogP contribution in [0.15, 0.2) is 47.4 Å². The van der Waals surface area contributed by atoms with Gasteiger partial charge in [0.05, 0.1) is 24.1 Å². The van der Waals surface area contributed by atoms with Crippen LogP contribution in [0.25, 0.3) is 6.08 Å². The number of carbonyl (C=O) groups is 2. The second-order valence-electron chi connectivity index (χ2n) is 6.15. The van der Waals surface area contributed by atoms with E-state index in [0.29, 0.717) is 40.0 Å². The molecule has 0 saturated carbocycles. The summed E-state index contributed by atoms with van der Waals surface area (Å²) in [6.07, 6.45) is 3.14. The van der Waals surface area contributed by atoms with Gasteiger partial charge in [0.1, 0.15) is 0 Å². The van der Waals surface area contributed by atoms with Crippen molar-refractivity contribution in [3.05, 3.63) is 63.5 Å². The molecule has 0 aromatic heterocycles. The van der Waals surface area contributed by atoms with Crippen molar-refractivity contribution < 1.29 is 19.1 Å². The monoisotopic (exact) mass is 417 g/mol. The summed E-state index contributed by atoms with van der Waals surface area (Å²) < 4.78 is 10.5. The lowest BCUT2D eigenvalue weighted by Crippen LogP contribution is -2.29.